The number of nitrogens with one attached hydrogen (secondary N) is 1. The third-order valence-electron chi connectivity index (χ3n) is 3.33. The van der Waals surface area contributed by atoms with Gasteiger partial charge in [-0.2, -0.15) is 5.26 Å². The molecule has 1 fully saturated rings. The molecule has 1 atom stereocenters. The second-order valence-corrected chi connectivity index (χ2v) is 4.83. The maximum absolute atomic E-state index is 9.15. The highest BCUT2D eigenvalue weighted by Gasteiger charge is 2.15. The van der Waals surface area contributed by atoms with E-state index in [4.69, 9.17) is 10.00 Å². The van der Waals surface area contributed by atoms with Crippen LogP contribution in [0.15, 0.2) is 6.07 Å². The maximum atomic E-state index is 9.15. The van der Waals surface area contributed by atoms with E-state index in [0.717, 1.165) is 49.7 Å². The maximum Gasteiger partial charge on any atom is 0.103 e. The summed E-state index contributed by atoms with van der Waals surface area (Å²) < 4.78 is 5.35. The molecule has 0 saturated carbocycles. The van der Waals surface area contributed by atoms with Crippen LogP contribution in [0.3, 0.4) is 0 Å². The highest BCUT2D eigenvalue weighted by atomic mass is 16.5. The summed E-state index contributed by atoms with van der Waals surface area (Å²) in [4.78, 5) is 4.31. The van der Waals surface area contributed by atoms with E-state index >= 15 is 0 Å². The third kappa shape index (κ3) is 2.99. The molecule has 1 aliphatic heterocycles. The molecule has 1 saturated heterocycles. The lowest BCUT2D eigenvalue weighted by Crippen LogP contribution is -2.10. The van der Waals surface area contributed by atoms with Gasteiger partial charge >= 0.3 is 0 Å². The van der Waals surface area contributed by atoms with Crippen LogP contribution in [-0.4, -0.2) is 24.7 Å². The molecular formula is C14H19N3O. The number of hydrogen-bond acceptors (Lipinski definition) is 4. The van der Waals surface area contributed by atoms with Gasteiger partial charge in [0.1, 0.15) is 6.07 Å². The molecule has 0 amide bonds. The monoisotopic (exact) mass is 245 g/mol. The fourth-order valence-corrected chi connectivity index (χ4v) is 2.33. The van der Waals surface area contributed by atoms with E-state index < -0.39 is 0 Å². The number of ether oxygens (including phenoxy) is 1. The second kappa shape index (κ2) is 5.83. The topological polar surface area (TPSA) is 57.9 Å². The molecule has 96 valence electrons. The molecule has 0 aliphatic carbocycles. The predicted octanol–water partition coefficient (Wildman–Crippen LogP) is 2.41. The van der Waals surface area contributed by atoms with Crippen molar-refractivity contribution in [2.75, 3.05) is 25.1 Å². The smallest absolute Gasteiger partial charge is 0.103 e. The average Bonchev–Trinajstić information content (AvgIpc) is 2.81. The Hall–Kier alpha value is -1.60. The Balaban J connectivity index is 1.97. The summed E-state index contributed by atoms with van der Waals surface area (Å²) in [5.41, 5.74) is 3.30. The van der Waals surface area contributed by atoms with Gasteiger partial charge in [0, 0.05) is 25.5 Å². The Labute approximate surface area is 108 Å². The van der Waals surface area contributed by atoms with Crippen LogP contribution in [0.4, 0.5) is 5.69 Å². The van der Waals surface area contributed by atoms with Crippen molar-refractivity contribution in [2.45, 2.75) is 26.7 Å². The fraction of sp³-hybridized carbons (Fsp3) is 0.571. The molecule has 2 rings (SSSR count). The Morgan fingerprint density at radius 1 is 1.56 bits per heavy atom. The average molecular weight is 245 g/mol. The highest BCUT2D eigenvalue weighted by Crippen LogP contribution is 2.20. The van der Waals surface area contributed by atoms with E-state index in [-0.39, 0.29) is 0 Å². The van der Waals surface area contributed by atoms with Crippen LogP contribution in [0.1, 0.15) is 29.8 Å². The number of pyridine rings is 1. The Bertz CT molecular complexity index is 459. The van der Waals surface area contributed by atoms with Crippen LogP contribution in [0.2, 0.25) is 0 Å². The number of anilines is 1. The summed E-state index contributed by atoms with van der Waals surface area (Å²) >= 11 is 0. The lowest BCUT2D eigenvalue weighted by Gasteiger charge is -2.12. The van der Waals surface area contributed by atoms with Crippen LogP contribution < -0.4 is 5.32 Å². The minimum atomic E-state index is 0.656. The van der Waals surface area contributed by atoms with Gasteiger partial charge in [0.2, 0.25) is 0 Å². The zero-order valence-electron chi connectivity index (χ0n) is 11.0. The number of nitrogens with zero attached hydrogens (tertiary/aromatic N) is 2. The largest absolute Gasteiger partial charge is 0.384 e. The first-order valence-electron chi connectivity index (χ1n) is 6.40. The minimum Gasteiger partial charge on any atom is -0.384 e. The quantitative estimate of drug-likeness (QED) is 0.885. The van der Waals surface area contributed by atoms with E-state index in [1.54, 1.807) is 0 Å². The molecule has 2 heterocycles. The third-order valence-corrected chi connectivity index (χ3v) is 3.33. The van der Waals surface area contributed by atoms with Gasteiger partial charge in [-0.1, -0.05) is 0 Å². The van der Waals surface area contributed by atoms with Gasteiger partial charge in [-0.05, 0) is 38.7 Å². The van der Waals surface area contributed by atoms with Crippen molar-refractivity contribution in [1.29, 1.82) is 5.26 Å². The van der Waals surface area contributed by atoms with E-state index in [1.807, 2.05) is 19.9 Å². The SMILES string of the molecule is Cc1cc(NCCC2CCOC2)c(C#N)c(C)n1. The number of aryl methyl sites for hydroxylation is 2. The molecular weight excluding hydrogens is 226 g/mol. The zero-order chi connectivity index (χ0) is 13.0. The van der Waals surface area contributed by atoms with Crippen molar-refractivity contribution < 1.29 is 4.74 Å². The highest BCUT2D eigenvalue weighted by molar-refractivity contribution is 5.59. The predicted molar refractivity (Wildman–Crippen MR) is 70.5 cm³/mol. The fourth-order valence-electron chi connectivity index (χ4n) is 2.33. The van der Waals surface area contributed by atoms with Gasteiger partial charge in [-0.15, -0.1) is 0 Å². The lowest BCUT2D eigenvalue weighted by atomic mass is 10.1. The van der Waals surface area contributed by atoms with Crippen molar-refractivity contribution in [1.82, 2.24) is 4.98 Å². The van der Waals surface area contributed by atoms with Gasteiger partial charge in [-0.3, -0.25) is 4.98 Å². The summed E-state index contributed by atoms with van der Waals surface area (Å²) in [6.07, 6.45) is 2.24. The zero-order valence-corrected chi connectivity index (χ0v) is 11.0. The van der Waals surface area contributed by atoms with E-state index in [0.29, 0.717) is 11.5 Å². The van der Waals surface area contributed by atoms with Crippen LogP contribution in [0.25, 0.3) is 0 Å². The van der Waals surface area contributed by atoms with Crippen molar-refractivity contribution in [3.8, 4) is 6.07 Å². The van der Waals surface area contributed by atoms with Gasteiger partial charge in [0.25, 0.3) is 0 Å². The van der Waals surface area contributed by atoms with Crippen molar-refractivity contribution in [3.63, 3.8) is 0 Å². The van der Waals surface area contributed by atoms with Crippen LogP contribution in [0.5, 0.6) is 0 Å². The minimum absolute atomic E-state index is 0.656. The number of aromatic nitrogens is 1. The van der Waals surface area contributed by atoms with Crippen molar-refractivity contribution in [3.05, 3.63) is 23.0 Å². The normalized spacial score (nSPS) is 18.6. The Morgan fingerprint density at radius 2 is 2.39 bits per heavy atom. The van der Waals surface area contributed by atoms with Crippen LogP contribution in [-0.2, 0) is 4.74 Å². The molecule has 0 spiro atoms. The van der Waals surface area contributed by atoms with E-state index in [1.165, 1.54) is 0 Å². The molecule has 18 heavy (non-hydrogen) atoms. The number of hydrogen-bond donors (Lipinski definition) is 1. The molecule has 1 unspecified atom stereocenters. The molecule has 4 nitrogen and oxygen atoms in total. The van der Waals surface area contributed by atoms with E-state index in [9.17, 15) is 0 Å². The van der Waals surface area contributed by atoms with Gasteiger partial charge in [0.05, 0.1) is 16.9 Å². The van der Waals surface area contributed by atoms with Crippen LogP contribution in [0, 0.1) is 31.1 Å². The van der Waals surface area contributed by atoms with Crippen LogP contribution >= 0.6 is 0 Å². The number of nitriles is 1. The molecule has 1 aliphatic rings. The summed E-state index contributed by atoms with van der Waals surface area (Å²) in [6.45, 7) is 6.47. The first-order chi connectivity index (χ1) is 8.70. The van der Waals surface area contributed by atoms with Crippen molar-refractivity contribution >= 4 is 5.69 Å². The molecule has 0 radical (unpaired) electrons. The molecule has 4 heteroatoms. The molecule has 1 aromatic rings. The molecule has 1 aromatic heterocycles. The van der Waals surface area contributed by atoms with Gasteiger partial charge < -0.3 is 10.1 Å². The molecule has 1 N–H and O–H groups in total. The Kier molecular flexibility index (Phi) is 4.16. The lowest BCUT2D eigenvalue weighted by molar-refractivity contribution is 0.185. The van der Waals surface area contributed by atoms with Crippen molar-refractivity contribution in [2.24, 2.45) is 5.92 Å². The first kappa shape index (κ1) is 12.8. The number of rotatable bonds is 4. The first-order valence-corrected chi connectivity index (χ1v) is 6.40. The summed E-state index contributed by atoms with van der Waals surface area (Å²) in [5.74, 6) is 0.659. The summed E-state index contributed by atoms with van der Waals surface area (Å²) in [6, 6.07) is 4.16. The van der Waals surface area contributed by atoms with E-state index in [2.05, 4.69) is 16.4 Å². The Morgan fingerprint density at radius 3 is 3.06 bits per heavy atom. The summed E-state index contributed by atoms with van der Waals surface area (Å²) in [5, 5.41) is 12.5. The van der Waals surface area contributed by atoms with Gasteiger partial charge in [0.15, 0.2) is 0 Å². The standard InChI is InChI=1S/C14H19N3O/c1-10-7-14(13(8-15)11(2)17-10)16-5-3-12-4-6-18-9-12/h7,12H,3-6,9H2,1-2H3,(H,16,17). The van der Waals surface area contributed by atoms with Gasteiger partial charge in [-0.25, -0.2) is 0 Å². The summed E-state index contributed by atoms with van der Waals surface area (Å²) in [7, 11) is 0. The molecule has 0 bridgehead atoms. The second-order valence-electron chi connectivity index (χ2n) is 4.83. The molecule has 0 aromatic carbocycles.